The molecule has 0 aliphatic rings. The van der Waals surface area contributed by atoms with Crippen molar-refractivity contribution in [3.8, 4) is 5.75 Å². The molecule has 0 bridgehead atoms. The van der Waals surface area contributed by atoms with Crippen LogP contribution in [0.25, 0.3) is 0 Å². The van der Waals surface area contributed by atoms with Gasteiger partial charge in [-0.2, -0.15) is 0 Å². The van der Waals surface area contributed by atoms with Crippen molar-refractivity contribution in [3.05, 3.63) is 47.8 Å². The van der Waals surface area contributed by atoms with Crippen molar-refractivity contribution in [2.24, 2.45) is 0 Å². The molecule has 130 valence electrons. The van der Waals surface area contributed by atoms with Crippen molar-refractivity contribution in [1.29, 1.82) is 0 Å². The Kier molecular flexibility index (Phi) is 6.88. The summed E-state index contributed by atoms with van der Waals surface area (Å²) in [7, 11) is 0. The van der Waals surface area contributed by atoms with Crippen LogP contribution in [-0.2, 0) is 6.61 Å². The third-order valence-corrected chi connectivity index (χ3v) is 3.80. The van der Waals surface area contributed by atoms with Gasteiger partial charge in [0.15, 0.2) is 0 Å². The number of aromatic nitrogens is 1. The first-order valence-electron chi connectivity index (χ1n) is 8.44. The van der Waals surface area contributed by atoms with E-state index in [1.54, 1.807) is 0 Å². The molecule has 0 unspecified atom stereocenters. The summed E-state index contributed by atoms with van der Waals surface area (Å²) in [5.41, 5.74) is 9.31. The number of pyridine rings is 1. The molecule has 2 aromatic rings. The van der Waals surface area contributed by atoms with Gasteiger partial charge in [0.05, 0.1) is 11.4 Å². The van der Waals surface area contributed by atoms with Gasteiger partial charge in [-0.25, -0.2) is 0 Å². The van der Waals surface area contributed by atoms with E-state index in [9.17, 15) is 5.11 Å². The van der Waals surface area contributed by atoms with Crippen LogP contribution < -0.4 is 15.8 Å². The summed E-state index contributed by atoms with van der Waals surface area (Å²) >= 11 is 0. The number of nitrogen functional groups attached to an aromatic ring is 1. The highest BCUT2D eigenvalue weighted by atomic mass is 16.5. The molecule has 1 aromatic carbocycles. The van der Waals surface area contributed by atoms with Crippen LogP contribution in [-0.4, -0.2) is 22.7 Å². The minimum absolute atomic E-state index is 0.156. The minimum atomic E-state index is 0.156. The Labute approximate surface area is 143 Å². The second kappa shape index (κ2) is 9.13. The van der Waals surface area contributed by atoms with E-state index in [-0.39, 0.29) is 12.6 Å². The van der Waals surface area contributed by atoms with Gasteiger partial charge in [-0.1, -0.05) is 19.4 Å². The summed E-state index contributed by atoms with van der Waals surface area (Å²) in [6, 6.07) is 11.6. The predicted molar refractivity (Wildman–Crippen MR) is 98.2 cm³/mol. The van der Waals surface area contributed by atoms with Gasteiger partial charge in [0, 0.05) is 24.0 Å². The molecule has 1 heterocycles. The van der Waals surface area contributed by atoms with Crippen LogP contribution in [0.2, 0.25) is 0 Å². The van der Waals surface area contributed by atoms with Gasteiger partial charge in [-0.05, 0) is 50.1 Å². The molecular formula is C19H27N3O2. The Bertz CT molecular complexity index is 640. The van der Waals surface area contributed by atoms with Crippen LogP contribution in [0.4, 0.5) is 11.4 Å². The Morgan fingerprint density at radius 2 is 2.08 bits per heavy atom. The number of aliphatic hydroxyl groups is 1. The lowest BCUT2D eigenvalue weighted by atomic mass is 10.1. The highest BCUT2D eigenvalue weighted by molar-refractivity contribution is 5.63. The first-order chi connectivity index (χ1) is 11.6. The molecule has 0 saturated carbocycles. The van der Waals surface area contributed by atoms with E-state index in [0.29, 0.717) is 18.7 Å². The number of nitrogens with one attached hydrogen (secondary N) is 1. The Hall–Kier alpha value is -2.27. The van der Waals surface area contributed by atoms with E-state index in [1.807, 2.05) is 43.3 Å². The fourth-order valence-corrected chi connectivity index (χ4v) is 2.63. The number of rotatable bonds is 9. The number of anilines is 2. The predicted octanol–water partition coefficient (Wildman–Crippen LogP) is 3.51. The van der Waals surface area contributed by atoms with Crippen molar-refractivity contribution < 1.29 is 9.84 Å². The van der Waals surface area contributed by atoms with Gasteiger partial charge >= 0.3 is 0 Å². The van der Waals surface area contributed by atoms with Crippen LogP contribution in [0, 0.1) is 6.92 Å². The molecule has 0 saturated heterocycles. The van der Waals surface area contributed by atoms with Crippen LogP contribution in [0.5, 0.6) is 5.75 Å². The molecule has 2 rings (SSSR count). The molecule has 24 heavy (non-hydrogen) atoms. The van der Waals surface area contributed by atoms with Crippen molar-refractivity contribution in [2.45, 2.75) is 45.8 Å². The van der Waals surface area contributed by atoms with Gasteiger partial charge in [0.2, 0.25) is 0 Å². The molecule has 0 aliphatic carbocycles. The van der Waals surface area contributed by atoms with E-state index in [1.165, 1.54) is 0 Å². The molecular weight excluding hydrogens is 302 g/mol. The van der Waals surface area contributed by atoms with Gasteiger partial charge in [0.25, 0.3) is 0 Å². The van der Waals surface area contributed by atoms with Crippen molar-refractivity contribution in [3.63, 3.8) is 0 Å². The first kappa shape index (κ1) is 18.1. The van der Waals surface area contributed by atoms with Crippen LogP contribution in [0.3, 0.4) is 0 Å². The van der Waals surface area contributed by atoms with Gasteiger partial charge in [-0.15, -0.1) is 0 Å². The SMILES string of the molecule is CCC[C@@H](CCO)Nc1cc(N)ccc1OCc1cccc(C)n1. The van der Waals surface area contributed by atoms with Crippen LogP contribution in [0.15, 0.2) is 36.4 Å². The van der Waals surface area contributed by atoms with Gasteiger partial charge in [-0.3, -0.25) is 4.98 Å². The molecule has 4 N–H and O–H groups in total. The van der Waals surface area contributed by atoms with E-state index in [2.05, 4.69) is 17.2 Å². The Morgan fingerprint density at radius 1 is 1.25 bits per heavy atom. The molecule has 0 spiro atoms. The number of nitrogens with zero attached hydrogens (tertiary/aromatic N) is 1. The lowest BCUT2D eigenvalue weighted by Gasteiger charge is -2.21. The largest absolute Gasteiger partial charge is 0.485 e. The van der Waals surface area contributed by atoms with Crippen molar-refractivity contribution in [2.75, 3.05) is 17.7 Å². The molecule has 0 radical (unpaired) electrons. The van der Waals surface area contributed by atoms with Crippen molar-refractivity contribution in [1.82, 2.24) is 4.98 Å². The lowest BCUT2D eigenvalue weighted by Crippen LogP contribution is -2.21. The zero-order valence-electron chi connectivity index (χ0n) is 14.5. The number of ether oxygens (including phenoxy) is 1. The average molecular weight is 329 g/mol. The molecule has 1 aromatic heterocycles. The van der Waals surface area contributed by atoms with Crippen LogP contribution in [0.1, 0.15) is 37.6 Å². The summed E-state index contributed by atoms with van der Waals surface area (Å²) in [4.78, 5) is 4.45. The maximum absolute atomic E-state index is 9.24. The molecule has 5 heteroatoms. The van der Waals surface area contributed by atoms with E-state index < -0.39 is 0 Å². The highest BCUT2D eigenvalue weighted by Crippen LogP contribution is 2.29. The normalized spacial score (nSPS) is 12.0. The molecule has 0 aliphatic heterocycles. The third-order valence-electron chi connectivity index (χ3n) is 3.80. The first-order valence-corrected chi connectivity index (χ1v) is 8.44. The standard InChI is InChI=1S/C19H27N3O2/c1-3-5-16(10-11-23)22-18-12-15(20)8-9-19(18)24-13-17-7-4-6-14(2)21-17/h4,6-9,12,16,22-23H,3,5,10-11,13,20H2,1-2H3/t16-/m0/s1. The topological polar surface area (TPSA) is 80.4 Å². The Morgan fingerprint density at radius 3 is 2.79 bits per heavy atom. The molecule has 1 atom stereocenters. The average Bonchev–Trinajstić information content (AvgIpc) is 2.55. The number of aryl methyl sites for hydroxylation is 1. The molecule has 0 fully saturated rings. The highest BCUT2D eigenvalue weighted by Gasteiger charge is 2.11. The zero-order valence-corrected chi connectivity index (χ0v) is 14.5. The minimum Gasteiger partial charge on any atom is -0.485 e. The third kappa shape index (κ3) is 5.42. The summed E-state index contributed by atoms with van der Waals surface area (Å²) in [6.45, 7) is 4.65. The number of nitrogens with two attached hydrogens (primary N) is 1. The van der Waals surface area contributed by atoms with Gasteiger partial charge in [0.1, 0.15) is 12.4 Å². The Balaban J connectivity index is 2.11. The summed E-state index contributed by atoms with van der Waals surface area (Å²) < 4.78 is 5.95. The molecule has 5 nitrogen and oxygen atoms in total. The number of hydrogen-bond donors (Lipinski definition) is 3. The van der Waals surface area contributed by atoms with E-state index in [4.69, 9.17) is 10.5 Å². The fraction of sp³-hybridized carbons (Fsp3) is 0.421. The second-order valence-corrected chi connectivity index (χ2v) is 5.96. The maximum Gasteiger partial charge on any atom is 0.143 e. The second-order valence-electron chi connectivity index (χ2n) is 5.96. The maximum atomic E-state index is 9.24. The van der Waals surface area contributed by atoms with E-state index >= 15 is 0 Å². The lowest BCUT2D eigenvalue weighted by molar-refractivity contribution is 0.275. The monoisotopic (exact) mass is 329 g/mol. The smallest absolute Gasteiger partial charge is 0.143 e. The summed E-state index contributed by atoms with van der Waals surface area (Å²) in [5.74, 6) is 0.742. The van der Waals surface area contributed by atoms with Gasteiger partial charge < -0.3 is 20.9 Å². The number of aliphatic hydroxyl groups excluding tert-OH is 1. The molecule has 0 amide bonds. The fourth-order valence-electron chi connectivity index (χ4n) is 2.63. The van der Waals surface area contributed by atoms with Crippen LogP contribution >= 0.6 is 0 Å². The van der Waals surface area contributed by atoms with E-state index in [0.717, 1.165) is 35.7 Å². The summed E-state index contributed by atoms with van der Waals surface area (Å²) in [6.07, 6.45) is 2.72. The zero-order chi connectivity index (χ0) is 17.4. The summed E-state index contributed by atoms with van der Waals surface area (Å²) in [5, 5.41) is 12.7. The number of benzene rings is 1. The number of hydrogen-bond acceptors (Lipinski definition) is 5. The van der Waals surface area contributed by atoms with Crippen molar-refractivity contribution >= 4 is 11.4 Å². The quantitative estimate of drug-likeness (QED) is 0.613.